The van der Waals surface area contributed by atoms with Gasteiger partial charge in [0.2, 0.25) is 0 Å². The lowest BCUT2D eigenvalue weighted by Gasteiger charge is -2.21. The van der Waals surface area contributed by atoms with Crippen LogP contribution in [0.2, 0.25) is 0 Å². The first kappa shape index (κ1) is 21.2. The Morgan fingerprint density at radius 1 is 0.935 bits per heavy atom. The average molecular weight is 424 g/mol. The monoisotopic (exact) mass is 424 g/mol. The van der Waals surface area contributed by atoms with Gasteiger partial charge in [0.05, 0.1) is 19.8 Å². The Labute approximate surface area is 178 Å². The van der Waals surface area contributed by atoms with Crippen LogP contribution in [0.1, 0.15) is 17.4 Å². The molecule has 0 spiro atoms. The van der Waals surface area contributed by atoms with E-state index < -0.39 is 35.8 Å². The number of ether oxygens (including phenoxy) is 3. The summed E-state index contributed by atoms with van der Waals surface area (Å²) in [4.78, 5) is 25.8. The molecule has 1 aromatic heterocycles. The molecule has 162 valence electrons. The summed E-state index contributed by atoms with van der Waals surface area (Å²) in [7, 11) is 0. The normalized spacial score (nSPS) is 23.1. The number of benzene rings is 2. The van der Waals surface area contributed by atoms with Crippen molar-refractivity contribution in [3.63, 3.8) is 0 Å². The third kappa shape index (κ3) is 5.18. The van der Waals surface area contributed by atoms with Gasteiger partial charge < -0.3 is 19.3 Å². The van der Waals surface area contributed by atoms with Crippen LogP contribution in [-0.2, 0) is 27.4 Å². The van der Waals surface area contributed by atoms with Crippen molar-refractivity contribution in [1.82, 2.24) is 9.55 Å². The predicted molar refractivity (Wildman–Crippen MR) is 112 cm³/mol. The number of aromatic amines is 1. The van der Waals surface area contributed by atoms with Crippen LogP contribution in [0.3, 0.4) is 0 Å². The molecule has 0 radical (unpaired) electrons. The molecule has 8 heteroatoms. The number of aliphatic hydroxyl groups excluding tert-OH is 1. The number of aliphatic hydroxyl groups is 1. The van der Waals surface area contributed by atoms with Gasteiger partial charge in [-0.1, -0.05) is 60.7 Å². The highest BCUT2D eigenvalue weighted by Crippen LogP contribution is 2.31. The van der Waals surface area contributed by atoms with Crippen LogP contribution in [0.4, 0.5) is 0 Å². The fourth-order valence-corrected chi connectivity index (χ4v) is 3.55. The molecule has 2 aromatic carbocycles. The number of aromatic nitrogens is 2. The fraction of sp³-hybridized carbons (Fsp3) is 0.304. The SMILES string of the molecule is O=c1ccn([C@H]2O[C@@H](COCc3ccccc3)[C@H](OCc3ccccc3)[C@@H]2O)c(=O)[nH]1. The van der Waals surface area contributed by atoms with E-state index in [0.29, 0.717) is 6.61 Å². The summed E-state index contributed by atoms with van der Waals surface area (Å²) in [5.41, 5.74) is 0.775. The van der Waals surface area contributed by atoms with E-state index in [9.17, 15) is 14.7 Å². The lowest BCUT2D eigenvalue weighted by atomic mass is 10.1. The molecule has 0 amide bonds. The van der Waals surface area contributed by atoms with Crippen molar-refractivity contribution in [2.24, 2.45) is 0 Å². The van der Waals surface area contributed by atoms with E-state index in [1.807, 2.05) is 60.7 Å². The second-order valence-electron chi connectivity index (χ2n) is 7.34. The molecule has 31 heavy (non-hydrogen) atoms. The Balaban J connectivity index is 1.49. The maximum Gasteiger partial charge on any atom is 0.330 e. The molecule has 2 heterocycles. The number of H-pyrrole nitrogens is 1. The van der Waals surface area contributed by atoms with Crippen LogP contribution in [-0.4, -0.2) is 39.6 Å². The maximum atomic E-state index is 12.2. The molecule has 8 nitrogen and oxygen atoms in total. The predicted octanol–water partition coefficient (Wildman–Crippen LogP) is 1.60. The molecule has 1 aliphatic heterocycles. The second kappa shape index (κ2) is 9.84. The maximum absolute atomic E-state index is 12.2. The fourth-order valence-electron chi connectivity index (χ4n) is 3.55. The summed E-state index contributed by atoms with van der Waals surface area (Å²) in [5, 5.41) is 10.9. The lowest BCUT2D eigenvalue weighted by molar-refractivity contribution is -0.0833. The van der Waals surface area contributed by atoms with Crippen LogP contribution in [0.5, 0.6) is 0 Å². The van der Waals surface area contributed by atoms with Crippen molar-refractivity contribution in [3.8, 4) is 0 Å². The van der Waals surface area contributed by atoms with Crippen molar-refractivity contribution in [3.05, 3.63) is 105 Å². The van der Waals surface area contributed by atoms with Crippen LogP contribution < -0.4 is 11.2 Å². The van der Waals surface area contributed by atoms with E-state index in [4.69, 9.17) is 14.2 Å². The third-order valence-corrected chi connectivity index (χ3v) is 5.11. The third-order valence-electron chi connectivity index (χ3n) is 5.11. The Kier molecular flexibility index (Phi) is 6.73. The molecule has 3 aromatic rings. The molecule has 4 rings (SSSR count). The summed E-state index contributed by atoms with van der Waals surface area (Å²) in [6.07, 6.45) is -2.16. The van der Waals surface area contributed by atoms with Gasteiger partial charge in [0.15, 0.2) is 6.23 Å². The Morgan fingerprint density at radius 2 is 1.58 bits per heavy atom. The highest BCUT2D eigenvalue weighted by molar-refractivity contribution is 5.14. The average Bonchev–Trinajstić information content (AvgIpc) is 3.09. The number of rotatable bonds is 8. The zero-order valence-electron chi connectivity index (χ0n) is 16.8. The molecule has 0 aliphatic carbocycles. The lowest BCUT2D eigenvalue weighted by Crippen LogP contribution is -2.39. The number of hydrogen-bond donors (Lipinski definition) is 2. The van der Waals surface area contributed by atoms with Gasteiger partial charge in [-0.25, -0.2) is 4.79 Å². The molecule has 1 saturated heterocycles. The van der Waals surface area contributed by atoms with E-state index >= 15 is 0 Å². The summed E-state index contributed by atoms with van der Waals surface area (Å²) in [5.74, 6) is 0. The standard InChI is InChI=1S/C23H24N2O6/c26-19-11-12-25(23(28)24-19)22-20(27)21(30-14-17-9-5-2-6-10-17)18(31-22)15-29-13-16-7-3-1-4-8-16/h1-12,18,20-22,27H,13-15H2,(H,24,26,28)/t18-,20-,21-,22-/m0/s1. The molecule has 0 bridgehead atoms. The van der Waals surface area contributed by atoms with Gasteiger partial charge in [-0.15, -0.1) is 0 Å². The van der Waals surface area contributed by atoms with Crippen molar-refractivity contribution in [2.45, 2.75) is 37.8 Å². The highest BCUT2D eigenvalue weighted by atomic mass is 16.6. The van der Waals surface area contributed by atoms with Crippen molar-refractivity contribution >= 4 is 0 Å². The molecular weight excluding hydrogens is 400 g/mol. The highest BCUT2D eigenvalue weighted by Gasteiger charge is 2.46. The molecule has 0 saturated carbocycles. The zero-order valence-corrected chi connectivity index (χ0v) is 16.8. The van der Waals surface area contributed by atoms with Gasteiger partial charge in [-0.2, -0.15) is 0 Å². The van der Waals surface area contributed by atoms with Crippen molar-refractivity contribution < 1.29 is 19.3 Å². The van der Waals surface area contributed by atoms with Crippen LogP contribution in [0, 0.1) is 0 Å². The van der Waals surface area contributed by atoms with E-state index in [0.717, 1.165) is 15.7 Å². The Hall–Kier alpha value is -3.04. The summed E-state index contributed by atoms with van der Waals surface area (Å²) >= 11 is 0. The molecule has 1 fully saturated rings. The van der Waals surface area contributed by atoms with E-state index in [1.165, 1.54) is 12.3 Å². The van der Waals surface area contributed by atoms with Gasteiger partial charge in [-0.05, 0) is 11.1 Å². The summed E-state index contributed by atoms with van der Waals surface area (Å²) < 4.78 is 18.9. The molecule has 0 unspecified atom stereocenters. The largest absolute Gasteiger partial charge is 0.386 e. The molecule has 2 N–H and O–H groups in total. The van der Waals surface area contributed by atoms with Crippen LogP contribution >= 0.6 is 0 Å². The number of hydrogen-bond acceptors (Lipinski definition) is 6. The molecule has 1 aliphatic rings. The summed E-state index contributed by atoms with van der Waals surface area (Å²) in [6.45, 7) is 0.819. The minimum atomic E-state index is -1.13. The topological polar surface area (TPSA) is 103 Å². The van der Waals surface area contributed by atoms with Gasteiger partial charge in [0.25, 0.3) is 5.56 Å². The van der Waals surface area contributed by atoms with Crippen LogP contribution in [0.25, 0.3) is 0 Å². The number of nitrogens with one attached hydrogen (secondary N) is 1. The van der Waals surface area contributed by atoms with Crippen molar-refractivity contribution in [1.29, 1.82) is 0 Å². The van der Waals surface area contributed by atoms with E-state index in [2.05, 4.69) is 4.98 Å². The van der Waals surface area contributed by atoms with Gasteiger partial charge in [0.1, 0.15) is 18.3 Å². The first-order valence-electron chi connectivity index (χ1n) is 10.0. The van der Waals surface area contributed by atoms with Gasteiger partial charge >= 0.3 is 5.69 Å². The van der Waals surface area contributed by atoms with Gasteiger partial charge in [0, 0.05) is 12.3 Å². The molecule has 4 atom stereocenters. The van der Waals surface area contributed by atoms with E-state index in [1.54, 1.807) is 0 Å². The summed E-state index contributed by atoms with van der Waals surface area (Å²) in [6, 6.07) is 20.5. The first-order valence-corrected chi connectivity index (χ1v) is 10.0. The quantitative estimate of drug-likeness (QED) is 0.569. The second-order valence-corrected chi connectivity index (χ2v) is 7.34. The minimum absolute atomic E-state index is 0.167. The zero-order chi connectivity index (χ0) is 21.6. The number of nitrogens with zero attached hydrogens (tertiary/aromatic N) is 1. The van der Waals surface area contributed by atoms with Crippen LogP contribution in [0.15, 0.2) is 82.5 Å². The smallest absolute Gasteiger partial charge is 0.330 e. The first-order chi connectivity index (χ1) is 15.1. The van der Waals surface area contributed by atoms with Gasteiger partial charge in [-0.3, -0.25) is 14.3 Å². The minimum Gasteiger partial charge on any atom is -0.386 e. The Bertz CT molecular complexity index is 1080. The molecular formula is C23H24N2O6. The van der Waals surface area contributed by atoms with Crippen molar-refractivity contribution in [2.75, 3.05) is 6.61 Å². The Morgan fingerprint density at radius 3 is 2.23 bits per heavy atom. The van der Waals surface area contributed by atoms with E-state index in [-0.39, 0.29) is 13.2 Å².